The Hall–Kier alpha value is -2.95. The summed E-state index contributed by atoms with van der Waals surface area (Å²) in [5.74, 6) is 0.276. The predicted octanol–water partition coefficient (Wildman–Crippen LogP) is 3.95. The van der Waals surface area contributed by atoms with E-state index in [1.807, 2.05) is 36.4 Å². The molecule has 2 aromatic heterocycles. The highest BCUT2D eigenvalue weighted by molar-refractivity contribution is 6.07. The summed E-state index contributed by atoms with van der Waals surface area (Å²) in [6, 6.07) is 13.2. The van der Waals surface area contributed by atoms with E-state index in [9.17, 15) is 4.79 Å². The molecule has 122 valence electrons. The van der Waals surface area contributed by atoms with Crippen LogP contribution in [0.2, 0.25) is 0 Å². The van der Waals surface area contributed by atoms with Crippen LogP contribution in [0.15, 0.2) is 54.9 Å². The molecule has 0 atom stereocenters. The van der Waals surface area contributed by atoms with Gasteiger partial charge in [0.2, 0.25) is 0 Å². The van der Waals surface area contributed by atoms with E-state index in [-0.39, 0.29) is 5.91 Å². The number of rotatable bonds is 5. The smallest absolute Gasteiger partial charge is 0.274 e. The highest BCUT2D eigenvalue weighted by Gasteiger charge is 2.11. The average Bonchev–Trinajstić information content (AvgIpc) is 2.60. The van der Waals surface area contributed by atoms with Crippen molar-refractivity contribution in [1.82, 2.24) is 9.97 Å². The number of hydrogen-bond acceptors (Lipinski definition) is 4. The Morgan fingerprint density at radius 2 is 1.92 bits per heavy atom. The van der Waals surface area contributed by atoms with E-state index in [0.29, 0.717) is 17.3 Å². The Labute approximate surface area is 141 Å². The molecular weight excluding hydrogens is 300 g/mol. The molecule has 1 amide bonds. The van der Waals surface area contributed by atoms with Gasteiger partial charge >= 0.3 is 0 Å². The number of pyridine rings is 2. The fourth-order valence-corrected chi connectivity index (χ4v) is 2.38. The molecule has 1 aromatic carbocycles. The van der Waals surface area contributed by atoms with Gasteiger partial charge in [-0.25, -0.2) is 0 Å². The zero-order valence-electron chi connectivity index (χ0n) is 13.8. The van der Waals surface area contributed by atoms with Crippen LogP contribution in [0.4, 0.5) is 11.4 Å². The minimum atomic E-state index is -0.249. The monoisotopic (exact) mass is 320 g/mol. The predicted molar refractivity (Wildman–Crippen MR) is 97.3 cm³/mol. The summed E-state index contributed by atoms with van der Waals surface area (Å²) in [6.07, 6.45) is 3.35. The highest BCUT2D eigenvalue weighted by atomic mass is 16.1. The van der Waals surface area contributed by atoms with Gasteiger partial charge in [0, 0.05) is 30.0 Å². The van der Waals surface area contributed by atoms with Crippen LogP contribution in [0.3, 0.4) is 0 Å². The topological polar surface area (TPSA) is 66.9 Å². The number of nitrogens with zero attached hydrogens (tertiary/aromatic N) is 2. The van der Waals surface area contributed by atoms with Gasteiger partial charge in [-0.3, -0.25) is 14.8 Å². The summed E-state index contributed by atoms with van der Waals surface area (Å²) >= 11 is 0. The Morgan fingerprint density at radius 3 is 2.75 bits per heavy atom. The van der Waals surface area contributed by atoms with Gasteiger partial charge in [-0.15, -0.1) is 0 Å². The number of nitrogens with one attached hydrogen (secondary N) is 2. The van der Waals surface area contributed by atoms with Crippen molar-refractivity contribution in [3.8, 4) is 0 Å². The molecule has 0 saturated carbocycles. The standard InChI is InChI=1S/C19H20N4O/c1-13(2)12-22-15-8-10-20-17(11-15)19(24)23-16-7-3-5-14-6-4-9-21-18(14)16/h3-11,13H,12H2,1-2H3,(H,20,22)(H,23,24). The summed E-state index contributed by atoms with van der Waals surface area (Å²) in [4.78, 5) is 21.0. The largest absolute Gasteiger partial charge is 0.385 e. The molecule has 0 aliphatic heterocycles. The highest BCUT2D eigenvalue weighted by Crippen LogP contribution is 2.21. The fraction of sp³-hybridized carbons (Fsp3) is 0.211. The first kappa shape index (κ1) is 15.9. The number of fused-ring (bicyclic) bond motifs is 1. The quantitative estimate of drug-likeness (QED) is 0.747. The number of aromatic nitrogens is 2. The molecule has 0 aliphatic rings. The maximum absolute atomic E-state index is 12.5. The van der Waals surface area contributed by atoms with Gasteiger partial charge in [-0.05, 0) is 30.2 Å². The minimum Gasteiger partial charge on any atom is -0.385 e. The lowest BCUT2D eigenvalue weighted by Gasteiger charge is -2.11. The van der Waals surface area contributed by atoms with Gasteiger partial charge in [0.15, 0.2) is 0 Å². The maximum atomic E-state index is 12.5. The van der Waals surface area contributed by atoms with E-state index in [1.54, 1.807) is 18.5 Å². The SMILES string of the molecule is CC(C)CNc1ccnc(C(=O)Nc2cccc3cccnc23)c1. The lowest BCUT2D eigenvalue weighted by molar-refractivity contribution is 0.102. The first-order chi connectivity index (χ1) is 11.6. The molecule has 5 nitrogen and oxygen atoms in total. The van der Waals surface area contributed by atoms with Gasteiger partial charge in [0.25, 0.3) is 5.91 Å². The number of amides is 1. The molecule has 0 saturated heterocycles. The third-order valence-corrected chi connectivity index (χ3v) is 3.59. The minimum absolute atomic E-state index is 0.249. The Bertz CT molecular complexity index is 855. The molecule has 0 aliphatic carbocycles. The summed E-state index contributed by atoms with van der Waals surface area (Å²) in [5, 5.41) is 7.18. The second-order valence-corrected chi connectivity index (χ2v) is 6.04. The Kier molecular flexibility index (Phi) is 4.70. The zero-order valence-corrected chi connectivity index (χ0v) is 13.8. The third kappa shape index (κ3) is 3.68. The molecule has 3 rings (SSSR count). The van der Waals surface area contributed by atoms with Crippen LogP contribution < -0.4 is 10.6 Å². The van der Waals surface area contributed by atoms with E-state index < -0.39 is 0 Å². The Balaban J connectivity index is 1.80. The number of benzene rings is 1. The number of hydrogen-bond donors (Lipinski definition) is 2. The Morgan fingerprint density at radius 1 is 1.08 bits per heavy atom. The second-order valence-electron chi connectivity index (χ2n) is 6.04. The summed E-state index contributed by atoms with van der Waals surface area (Å²) in [5.41, 5.74) is 2.71. The van der Waals surface area contributed by atoms with E-state index in [1.165, 1.54) is 0 Å². The fourth-order valence-electron chi connectivity index (χ4n) is 2.38. The summed E-state index contributed by atoms with van der Waals surface area (Å²) in [7, 11) is 0. The van der Waals surface area contributed by atoms with Crippen LogP contribution in [-0.4, -0.2) is 22.4 Å². The van der Waals surface area contributed by atoms with Crippen molar-refractivity contribution in [3.63, 3.8) is 0 Å². The van der Waals surface area contributed by atoms with Crippen molar-refractivity contribution in [2.75, 3.05) is 17.2 Å². The van der Waals surface area contributed by atoms with Crippen molar-refractivity contribution in [2.24, 2.45) is 5.92 Å². The first-order valence-electron chi connectivity index (χ1n) is 7.98. The van der Waals surface area contributed by atoms with Crippen LogP contribution in [0.25, 0.3) is 10.9 Å². The van der Waals surface area contributed by atoms with Crippen molar-refractivity contribution in [2.45, 2.75) is 13.8 Å². The lowest BCUT2D eigenvalue weighted by Crippen LogP contribution is -2.15. The van der Waals surface area contributed by atoms with Crippen molar-refractivity contribution in [1.29, 1.82) is 0 Å². The zero-order chi connectivity index (χ0) is 16.9. The van der Waals surface area contributed by atoms with Crippen LogP contribution >= 0.6 is 0 Å². The molecule has 2 N–H and O–H groups in total. The first-order valence-corrected chi connectivity index (χ1v) is 7.98. The van der Waals surface area contributed by atoms with E-state index in [0.717, 1.165) is 23.1 Å². The van der Waals surface area contributed by atoms with Gasteiger partial charge in [0.05, 0.1) is 11.2 Å². The number of anilines is 2. The number of para-hydroxylation sites is 1. The molecule has 5 heteroatoms. The normalized spacial score (nSPS) is 10.8. The van der Waals surface area contributed by atoms with Crippen molar-refractivity contribution >= 4 is 28.2 Å². The number of carbonyl (C=O) groups excluding carboxylic acids is 1. The molecule has 0 spiro atoms. The molecule has 0 unspecified atom stereocenters. The van der Waals surface area contributed by atoms with E-state index in [4.69, 9.17) is 0 Å². The second kappa shape index (κ2) is 7.08. The molecule has 24 heavy (non-hydrogen) atoms. The summed E-state index contributed by atoms with van der Waals surface area (Å²) < 4.78 is 0. The van der Waals surface area contributed by atoms with Gasteiger partial charge in [-0.2, -0.15) is 0 Å². The molecular formula is C19H20N4O. The molecule has 3 aromatic rings. The lowest BCUT2D eigenvalue weighted by atomic mass is 10.2. The van der Waals surface area contributed by atoms with E-state index in [2.05, 4.69) is 34.4 Å². The maximum Gasteiger partial charge on any atom is 0.274 e. The van der Waals surface area contributed by atoms with Crippen molar-refractivity contribution in [3.05, 3.63) is 60.6 Å². The third-order valence-electron chi connectivity index (χ3n) is 3.59. The van der Waals surface area contributed by atoms with Crippen LogP contribution in [0.5, 0.6) is 0 Å². The molecule has 0 bridgehead atoms. The summed E-state index contributed by atoms with van der Waals surface area (Å²) in [6.45, 7) is 5.11. The number of carbonyl (C=O) groups is 1. The van der Waals surface area contributed by atoms with E-state index >= 15 is 0 Å². The van der Waals surface area contributed by atoms with Crippen LogP contribution in [0, 0.1) is 5.92 Å². The van der Waals surface area contributed by atoms with Crippen LogP contribution in [-0.2, 0) is 0 Å². The van der Waals surface area contributed by atoms with Gasteiger partial charge in [-0.1, -0.05) is 32.0 Å². The molecule has 2 heterocycles. The molecule has 0 fully saturated rings. The van der Waals surface area contributed by atoms with Gasteiger partial charge in [0.1, 0.15) is 5.69 Å². The van der Waals surface area contributed by atoms with Gasteiger partial charge < -0.3 is 10.6 Å². The van der Waals surface area contributed by atoms with Crippen molar-refractivity contribution < 1.29 is 4.79 Å². The average molecular weight is 320 g/mol. The molecule has 0 radical (unpaired) electrons. The van der Waals surface area contributed by atoms with Crippen LogP contribution in [0.1, 0.15) is 24.3 Å².